The van der Waals surface area contributed by atoms with Crippen molar-refractivity contribution in [2.75, 3.05) is 0 Å². The van der Waals surface area contributed by atoms with Crippen molar-refractivity contribution in [2.24, 2.45) is 0 Å². The maximum atomic E-state index is 11.8. The molecule has 3 aromatic carbocycles. The molecule has 2 heteroatoms. The van der Waals surface area contributed by atoms with Crippen LogP contribution in [0.15, 0.2) is 78.9 Å². The first-order valence-electron chi connectivity index (χ1n) is 8.01. The normalized spacial score (nSPS) is 10.9. The number of carbonyl (C=O) groups excluding carboxylic acids is 1. The summed E-state index contributed by atoms with van der Waals surface area (Å²) in [4.78, 5) is 15.3. The van der Waals surface area contributed by atoms with Crippen LogP contribution in [0, 0.1) is 0 Å². The maximum Gasteiger partial charge on any atom is 0.159 e. The number of fused-ring (bicyclic) bond motifs is 1. The second kappa shape index (κ2) is 5.82. The maximum absolute atomic E-state index is 11.8. The van der Waals surface area contributed by atoms with Crippen molar-refractivity contribution in [3.8, 4) is 22.4 Å². The van der Waals surface area contributed by atoms with E-state index in [1.807, 2.05) is 54.6 Å². The number of aromatic amines is 1. The number of H-pyrrole nitrogens is 1. The van der Waals surface area contributed by atoms with Crippen molar-refractivity contribution >= 4 is 16.7 Å². The van der Waals surface area contributed by atoms with Gasteiger partial charge in [0.05, 0.1) is 5.69 Å². The van der Waals surface area contributed by atoms with Crippen LogP contribution in [0.1, 0.15) is 17.3 Å². The van der Waals surface area contributed by atoms with Crippen molar-refractivity contribution in [1.29, 1.82) is 0 Å². The van der Waals surface area contributed by atoms with Gasteiger partial charge in [-0.25, -0.2) is 0 Å². The Labute approximate surface area is 140 Å². The van der Waals surface area contributed by atoms with Crippen molar-refractivity contribution in [2.45, 2.75) is 6.92 Å². The van der Waals surface area contributed by atoms with E-state index in [-0.39, 0.29) is 5.78 Å². The van der Waals surface area contributed by atoms with Gasteiger partial charge in [0.2, 0.25) is 0 Å². The smallest absolute Gasteiger partial charge is 0.159 e. The minimum Gasteiger partial charge on any atom is -0.354 e. The molecule has 0 aliphatic rings. The first-order valence-corrected chi connectivity index (χ1v) is 8.01. The van der Waals surface area contributed by atoms with Crippen molar-refractivity contribution < 1.29 is 4.79 Å². The molecule has 0 aliphatic carbocycles. The number of rotatable bonds is 3. The molecule has 116 valence electrons. The first kappa shape index (κ1) is 14.5. The molecule has 1 heterocycles. The molecular formula is C22H17NO. The number of nitrogens with one attached hydrogen (secondary N) is 1. The first-order chi connectivity index (χ1) is 11.7. The quantitative estimate of drug-likeness (QED) is 0.483. The molecule has 0 spiro atoms. The summed E-state index contributed by atoms with van der Waals surface area (Å²) in [7, 11) is 0. The van der Waals surface area contributed by atoms with E-state index in [0.29, 0.717) is 0 Å². The Kier molecular flexibility index (Phi) is 3.51. The molecule has 0 amide bonds. The minimum atomic E-state index is 0.0818. The van der Waals surface area contributed by atoms with Crippen LogP contribution in [0.3, 0.4) is 0 Å². The summed E-state index contributed by atoms with van der Waals surface area (Å²) in [5.74, 6) is 0.0818. The third-order valence-corrected chi connectivity index (χ3v) is 4.33. The lowest BCUT2D eigenvalue weighted by atomic mass is 9.97. The molecule has 0 radical (unpaired) electrons. The zero-order chi connectivity index (χ0) is 16.5. The fraction of sp³-hybridized carbons (Fsp3) is 0.0455. The molecule has 0 atom stereocenters. The highest BCUT2D eigenvalue weighted by Crippen LogP contribution is 2.38. The van der Waals surface area contributed by atoms with Crippen LogP contribution in [-0.4, -0.2) is 10.8 Å². The third kappa shape index (κ3) is 2.42. The number of carbonyl (C=O) groups is 1. The van der Waals surface area contributed by atoms with E-state index in [0.717, 1.165) is 38.9 Å². The summed E-state index contributed by atoms with van der Waals surface area (Å²) in [6.45, 7) is 1.61. The van der Waals surface area contributed by atoms with Crippen LogP contribution in [0.4, 0.5) is 0 Å². The second-order valence-electron chi connectivity index (χ2n) is 5.92. The molecule has 0 bridgehead atoms. The molecule has 0 fully saturated rings. The number of aromatic nitrogens is 1. The zero-order valence-electron chi connectivity index (χ0n) is 13.4. The number of hydrogen-bond acceptors (Lipinski definition) is 1. The summed E-state index contributed by atoms with van der Waals surface area (Å²) < 4.78 is 0. The van der Waals surface area contributed by atoms with Gasteiger partial charge in [0.15, 0.2) is 5.78 Å². The van der Waals surface area contributed by atoms with E-state index in [2.05, 4.69) is 29.2 Å². The van der Waals surface area contributed by atoms with Gasteiger partial charge in [-0.1, -0.05) is 60.7 Å². The Balaban J connectivity index is 2.07. The lowest BCUT2D eigenvalue weighted by molar-refractivity contribution is 0.101. The number of hydrogen-bond donors (Lipinski definition) is 1. The Morgan fingerprint density at radius 3 is 2.04 bits per heavy atom. The monoisotopic (exact) mass is 311 g/mol. The fourth-order valence-electron chi connectivity index (χ4n) is 3.14. The second-order valence-corrected chi connectivity index (χ2v) is 5.92. The Bertz CT molecular complexity index is 1010. The summed E-state index contributed by atoms with van der Waals surface area (Å²) in [6, 6.07) is 26.5. The third-order valence-electron chi connectivity index (χ3n) is 4.33. The average molecular weight is 311 g/mol. The number of Topliss-reactive ketones (excluding diaryl/α,β-unsaturated/α-hetero) is 1. The largest absolute Gasteiger partial charge is 0.354 e. The molecule has 0 aliphatic heterocycles. The summed E-state index contributed by atoms with van der Waals surface area (Å²) in [5, 5.41) is 1.08. The van der Waals surface area contributed by atoms with E-state index >= 15 is 0 Å². The molecular weight excluding hydrogens is 294 g/mol. The topological polar surface area (TPSA) is 32.9 Å². The predicted molar refractivity (Wildman–Crippen MR) is 99.2 cm³/mol. The van der Waals surface area contributed by atoms with Crippen LogP contribution < -0.4 is 0 Å². The van der Waals surface area contributed by atoms with Gasteiger partial charge < -0.3 is 4.98 Å². The van der Waals surface area contributed by atoms with E-state index < -0.39 is 0 Å². The van der Waals surface area contributed by atoms with Crippen LogP contribution in [0.2, 0.25) is 0 Å². The molecule has 4 aromatic rings. The minimum absolute atomic E-state index is 0.0818. The van der Waals surface area contributed by atoms with Crippen molar-refractivity contribution in [1.82, 2.24) is 4.98 Å². The van der Waals surface area contributed by atoms with Crippen LogP contribution >= 0.6 is 0 Å². The van der Waals surface area contributed by atoms with Crippen molar-refractivity contribution in [3.05, 3.63) is 84.4 Å². The Hall–Kier alpha value is -3.13. The molecule has 0 saturated carbocycles. The van der Waals surface area contributed by atoms with Crippen LogP contribution in [0.5, 0.6) is 0 Å². The fourth-order valence-corrected chi connectivity index (χ4v) is 3.14. The Morgan fingerprint density at radius 1 is 0.792 bits per heavy atom. The van der Waals surface area contributed by atoms with Gasteiger partial charge in [-0.05, 0) is 36.2 Å². The molecule has 0 saturated heterocycles. The standard InChI is InChI=1S/C22H17NO/c1-15(24)18-12-13-20-19(14-18)21(16-8-4-2-5-9-16)22(23-20)17-10-6-3-7-11-17/h2-14,23H,1H3. The van der Waals surface area contributed by atoms with E-state index in [4.69, 9.17) is 0 Å². The van der Waals surface area contributed by atoms with Gasteiger partial charge >= 0.3 is 0 Å². The van der Waals surface area contributed by atoms with Gasteiger partial charge in [0, 0.05) is 22.0 Å². The molecule has 24 heavy (non-hydrogen) atoms. The number of benzene rings is 3. The van der Waals surface area contributed by atoms with Gasteiger partial charge in [-0.3, -0.25) is 4.79 Å². The zero-order valence-corrected chi connectivity index (χ0v) is 13.4. The van der Waals surface area contributed by atoms with Crippen molar-refractivity contribution in [3.63, 3.8) is 0 Å². The Morgan fingerprint density at radius 2 is 1.42 bits per heavy atom. The van der Waals surface area contributed by atoms with Gasteiger partial charge in [0.1, 0.15) is 0 Å². The van der Waals surface area contributed by atoms with E-state index in [1.54, 1.807) is 6.92 Å². The molecule has 4 rings (SSSR count). The number of ketones is 1. The molecule has 1 N–H and O–H groups in total. The van der Waals surface area contributed by atoms with Gasteiger partial charge in [-0.15, -0.1) is 0 Å². The highest BCUT2D eigenvalue weighted by molar-refractivity contribution is 6.07. The van der Waals surface area contributed by atoms with Crippen LogP contribution in [-0.2, 0) is 0 Å². The predicted octanol–water partition coefficient (Wildman–Crippen LogP) is 5.70. The average Bonchev–Trinajstić information content (AvgIpc) is 3.01. The summed E-state index contributed by atoms with van der Waals surface area (Å²) >= 11 is 0. The van der Waals surface area contributed by atoms with Crippen LogP contribution in [0.25, 0.3) is 33.3 Å². The van der Waals surface area contributed by atoms with E-state index in [1.165, 1.54) is 0 Å². The van der Waals surface area contributed by atoms with Gasteiger partial charge in [0.25, 0.3) is 0 Å². The van der Waals surface area contributed by atoms with Gasteiger partial charge in [-0.2, -0.15) is 0 Å². The lowest BCUT2D eigenvalue weighted by Crippen LogP contribution is -1.90. The summed E-state index contributed by atoms with van der Waals surface area (Å²) in [5.41, 5.74) is 6.27. The molecule has 1 aromatic heterocycles. The molecule has 2 nitrogen and oxygen atoms in total. The van der Waals surface area contributed by atoms with E-state index in [9.17, 15) is 4.79 Å². The highest BCUT2D eigenvalue weighted by Gasteiger charge is 2.15. The highest BCUT2D eigenvalue weighted by atomic mass is 16.1. The summed E-state index contributed by atoms with van der Waals surface area (Å²) in [6.07, 6.45) is 0. The SMILES string of the molecule is CC(=O)c1ccc2[nH]c(-c3ccccc3)c(-c3ccccc3)c2c1. The lowest BCUT2D eigenvalue weighted by Gasteiger charge is -2.06. The molecule has 0 unspecified atom stereocenters.